The SMILES string of the molecule is Cc1cc(Br)ccc1NC(=O)CNC(=O)C1CC12CCNCC2. The van der Waals surface area contributed by atoms with Crippen molar-refractivity contribution in [2.24, 2.45) is 11.3 Å². The Labute approximate surface area is 144 Å². The molecule has 2 amide bonds. The Morgan fingerprint density at radius 1 is 1.35 bits per heavy atom. The molecule has 1 saturated heterocycles. The zero-order valence-electron chi connectivity index (χ0n) is 13.2. The number of piperidine rings is 1. The molecule has 1 unspecified atom stereocenters. The average Bonchev–Trinajstić information content (AvgIpc) is 3.22. The number of nitrogens with one attached hydrogen (secondary N) is 3. The Morgan fingerprint density at radius 2 is 2.09 bits per heavy atom. The average molecular weight is 380 g/mol. The van der Waals surface area contributed by atoms with Gasteiger partial charge in [-0.2, -0.15) is 0 Å². The fourth-order valence-electron chi connectivity index (χ4n) is 3.45. The first-order valence-corrected chi connectivity index (χ1v) is 8.84. The smallest absolute Gasteiger partial charge is 0.243 e. The number of carbonyl (C=O) groups excluding carboxylic acids is 2. The Balaban J connectivity index is 1.47. The molecular weight excluding hydrogens is 358 g/mol. The summed E-state index contributed by atoms with van der Waals surface area (Å²) in [6.07, 6.45) is 3.10. The monoisotopic (exact) mass is 379 g/mol. The number of halogens is 1. The van der Waals surface area contributed by atoms with Crippen molar-refractivity contribution >= 4 is 33.4 Å². The van der Waals surface area contributed by atoms with Crippen LogP contribution in [0.5, 0.6) is 0 Å². The van der Waals surface area contributed by atoms with Gasteiger partial charge in [-0.15, -0.1) is 0 Å². The zero-order valence-corrected chi connectivity index (χ0v) is 14.8. The standard InChI is InChI=1S/C17H22BrN3O2/c1-11-8-12(18)2-3-14(11)21-15(22)10-20-16(23)13-9-17(13)4-6-19-7-5-17/h2-3,8,13,19H,4-7,9-10H2,1H3,(H,20,23)(H,21,22). The van der Waals surface area contributed by atoms with E-state index >= 15 is 0 Å². The lowest BCUT2D eigenvalue weighted by Crippen LogP contribution is -2.37. The van der Waals surface area contributed by atoms with Gasteiger partial charge in [-0.3, -0.25) is 9.59 Å². The summed E-state index contributed by atoms with van der Waals surface area (Å²) in [6.45, 7) is 3.95. The van der Waals surface area contributed by atoms with E-state index in [1.165, 1.54) is 0 Å². The molecule has 0 radical (unpaired) electrons. The van der Waals surface area contributed by atoms with Gasteiger partial charge in [0, 0.05) is 16.1 Å². The van der Waals surface area contributed by atoms with Crippen LogP contribution in [-0.4, -0.2) is 31.4 Å². The van der Waals surface area contributed by atoms with Crippen molar-refractivity contribution in [3.8, 4) is 0 Å². The van der Waals surface area contributed by atoms with Crippen LogP contribution < -0.4 is 16.0 Å². The normalized spacial score (nSPS) is 21.7. The molecule has 2 aliphatic rings. The van der Waals surface area contributed by atoms with Gasteiger partial charge in [-0.1, -0.05) is 15.9 Å². The van der Waals surface area contributed by atoms with Crippen LogP contribution >= 0.6 is 15.9 Å². The van der Waals surface area contributed by atoms with Crippen molar-refractivity contribution in [1.82, 2.24) is 10.6 Å². The highest BCUT2D eigenvalue weighted by molar-refractivity contribution is 9.10. The van der Waals surface area contributed by atoms with E-state index in [1.54, 1.807) is 0 Å². The molecule has 1 aromatic rings. The molecular formula is C17H22BrN3O2. The van der Waals surface area contributed by atoms with Crippen LogP contribution in [0.15, 0.2) is 22.7 Å². The van der Waals surface area contributed by atoms with E-state index < -0.39 is 0 Å². The van der Waals surface area contributed by atoms with Gasteiger partial charge in [-0.25, -0.2) is 0 Å². The van der Waals surface area contributed by atoms with Crippen molar-refractivity contribution in [3.63, 3.8) is 0 Å². The first-order chi connectivity index (χ1) is 11.0. The number of hydrogen-bond donors (Lipinski definition) is 3. The Kier molecular flexibility index (Phi) is 4.73. The molecule has 1 atom stereocenters. The van der Waals surface area contributed by atoms with Gasteiger partial charge in [0.2, 0.25) is 11.8 Å². The maximum atomic E-state index is 12.2. The Morgan fingerprint density at radius 3 is 2.78 bits per heavy atom. The van der Waals surface area contributed by atoms with Gasteiger partial charge < -0.3 is 16.0 Å². The molecule has 124 valence electrons. The van der Waals surface area contributed by atoms with E-state index in [0.717, 1.165) is 48.1 Å². The summed E-state index contributed by atoms with van der Waals surface area (Å²) in [5, 5.41) is 8.95. The van der Waals surface area contributed by atoms with Crippen LogP contribution in [0.4, 0.5) is 5.69 Å². The van der Waals surface area contributed by atoms with Gasteiger partial charge >= 0.3 is 0 Å². The van der Waals surface area contributed by atoms with E-state index in [4.69, 9.17) is 0 Å². The highest BCUT2D eigenvalue weighted by atomic mass is 79.9. The summed E-state index contributed by atoms with van der Waals surface area (Å²) in [5.74, 6) is -0.0785. The molecule has 1 heterocycles. The fraction of sp³-hybridized carbons (Fsp3) is 0.529. The van der Waals surface area contributed by atoms with Gasteiger partial charge in [0.15, 0.2) is 0 Å². The van der Waals surface area contributed by atoms with Crippen molar-refractivity contribution in [3.05, 3.63) is 28.2 Å². The minimum Gasteiger partial charge on any atom is -0.347 e. The van der Waals surface area contributed by atoms with E-state index in [9.17, 15) is 9.59 Å². The Bertz CT molecular complexity index is 626. The third-order valence-corrected chi connectivity index (χ3v) is 5.48. The maximum Gasteiger partial charge on any atom is 0.243 e. The largest absolute Gasteiger partial charge is 0.347 e. The first kappa shape index (κ1) is 16.5. The molecule has 6 heteroatoms. The zero-order chi connectivity index (χ0) is 16.4. The molecule has 0 bridgehead atoms. The van der Waals surface area contributed by atoms with Gasteiger partial charge in [0.25, 0.3) is 0 Å². The first-order valence-electron chi connectivity index (χ1n) is 8.05. The number of aryl methyl sites for hydroxylation is 1. The second-order valence-corrected chi connectivity index (χ2v) is 7.51. The summed E-state index contributed by atoms with van der Waals surface area (Å²) in [4.78, 5) is 24.2. The summed E-state index contributed by atoms with van der Waals surface area (Å²) in [6, 6.07) is 5.68. The number of rotatable bonds is 4. The van der Waals surface area contributed by atoms with Gasteiger partial charge in [0.1, 0.15) is 0 Å². The van der Waals surface area contributed by atoms with Crippen LogP contribution in [0.1, 0.15) is 24.8 Å². The predicted octanol–water partition coefficient (Wildman–Crippen LogP) is 2.20. The molecule has 5 nitrogen and oxygen atoms in total. The van der Waals surface area contributed by atoms with Crippen molar-refractivity contribution < 1.29 is 9.59 Å². The highest BCUT2D eigenvalue weighted by Crippen LogP contribution is 2.58. The van der Waals surface area contributed by atoms with E-state index in [1.807, 2.05) is 25.1 Å². The van der Waals surface area contributed by atoms with Gasteiger partial charge in [-0.05, 0) is 68.5 Å². The van der Waals surface area contributed by atoms with Crippen LogP contribution in [0, 0.1) is 18.3 Å². The quantitative estimate of drug-likeness (QED) is 0.750. The number of carbonyl (C=O) groups is 2. The van der Waals surface area contributed by atoms with Crippen LogP contribution in [-0.2, 0) is 9.59 Å². The second kappa shape index (κ2) is 6.61. The molecule has 0 aromatic heterocycles. The topological polar surface area (TPSA) is 70.2 Å². The lowest BCUT2D eigenvalue weighted by molar-refractivity contribution is -0.125. The molecule has 3 N–H and O–H groups in total. The molecule has 2 fully saturated rings. The van der Waals surface area contributed by atoms with Crippen LogP contribution in [0.2, 0.25) is 0 Å². The van der Waals surface area contributed by atoms with Crippen LogP contribution in [0.25, 0.3) is 0 Å². The minimum atomic E-state index is -0.191. The number of anilines is 1. The van der Waals surface area contributed by atoms with E-state index in [2.05, 4.69) is 31.9 Å². The molecule has 1 aliphatic carbocycles. The van der Waals surface area contributed by atoms with Crippen molar-refractivity contribution in [2.75, 3.05) is 25.0 Å². The summed E-state index contributed by atoms with van der Waals surface area (Å²) in [5.41, 5.74) is 1.96. The number of hydrogen-bond acceptors (Lipinski definition) is 3. The summed E-state index contributed by atoms with van der Waals surface area (Å²) in [7, 11) is 0. The minimum absolute atomic E-state index is 0.0228. The van der Waals surface area contributed by atoms with Crippen molar-refractivity contribution in [1.29, 1.82) is 0 Å². The Hall–Kier alpha value is -1.40. The van der Waals surface area contributed by atoms with Gasteiger partial charge in [0.05, 0.1) is 6.54 Å². The maximum absolute atomic E-state index is 12.2. The molecule has 1 aromatic carbocycles. The second-order valence-electron chi connectivity index (χ2n) is 6.59. The van der Waals surface area contributed by atoms with E-state index in [-0.39, 0.29) is 29.7 Å². The molecule has 1 spiro atoms. The van der Waals surface area contributed by atoms with Crippen LogP contribution in [0.3, 0.4) is 0 Å². The molecule has 1 saturated carbocycles. The molecule has 1 aliphatic heterocycles. The third-order valence-electron chi connectivity index (χ3n) is 4.99. The molecule has 23 heavy (non-hydrogen) atoms. The fourth-order valence-corrected chi connectivity index (χ4v) is 3.92. The third kappa shape index (κ3) is 3.75. The number of benzene rings is 1. The van der Waals surface area contributed by atoms with E-state index in [0.29, 0.717) is 0 Å². The predicted molar refractivity (Wildman–Crippen MR) is 93.2 cm³/mol. The summed E-state index contributed by atoms with van der Waals surface area (Å²) < 4.78 is 0.974. The number of amides is 2. The van der Waals surface area contributed by atoms with Crippen molar-refractivity contribution in [2.45, 2.75) is 26.2 Å². The lowest BCUT2D eigenvalue weighted by Gasteiger charge is -2.23. The lowest BCUT2D eigenvalue weighted by atomic mass is 9.92. The summed E-state index contributed by atoms with van der Waals surface area (Å²) >= 11 is 3.40. The molecule has 3 rings (SSSR count). The highest BCUT2D eigenvalue weighted by Gasteiger charge is 2.57.